The zero-order chi connectivity index (χ0) is 16.2. The van der Waals surface area contributed by atoms with Gasteiger partial charge in [0.1, 0.15) is 5.01 Å². The van der Waals surface area contributed by atoms with Gasteiger partial charge in [0.05, 0.1) is 31.6 Å². The van der Waals surface area contributed by atoms with E-state index >= 15 is 0 Å². The second-order valence-electron chi connectivity index (χ2n) is 5.34. The van der Waals surface area contributed by atoms with Gasteiger partial charge in [-0.15, -0.1) is 11.3 Å². The molecule has 23 heavy (non-hydrogen) atoms. The molecule has 7 heteroatoms. The van der Waals surface area contributed by atoms with Crippen molar-refractivity contribution in [3.63, 3.8) is 0 Å². The van der Waals surface area contributed by atoms with Crippen molar-refractivity contribution in [1.82, 2.24) is 9.88 Å². The molecule has 1 aliphatic rings. The van der Waals surface area contributed by atoms with E-state index in [2.05, 4.69) is 4.98 Å². The molecular weight excluding hydrogens is 316 g/mol. The molecule has 1 fully saturated rings. The summed E-state index contributed by atoms with van der Waals surface area (Å²) in [6, 6.07) is 1.74. The second-order valence-corrected chi connectivity index (χ2v) is 6.23. The van der Waals surface area contributed by atoms with Crippen LogP contribution in [0.5, 0.6) is 0 Å². The Labute approximate surface area is 138 Å². The number of hydrogen-bond acceptors (Lipinski definition) is 6. The van der Waals surface area contributed by atoms with Crippen LogP contribution in [-0.4, -0.2) is 34.9 Å². The maximum Gasteiger partial charge on any atom is 0.357 e. The lowest BCUT2D eigenvalue weighted by atomic mass is 10.2. The predicted octanol–water partition coefficient (Wildman–Crippen LogP) is 2.82. The molecule has 2 aromatic rings. The van der Waals surface area contributed by atoms with Crippen molar-refractivity contribution < 1.29 is 18.7 Å². The van der Waals surface area contributed by atoms with E-state index in [1.165, 1.54) is 11.3 Å². The van der Waals surface area contributed by atoms with Crippen molar-refractivity contribution in [2.24, 2.45) is 0 Å². The highest BCUT2D eigenvalue weighted by Gasteiger charge is 2.32. The van der Waals surface area contributed by atoms with Gasteiger partial charge in [0.25, 0.3) is 0 Å². The van der Waals surface area contributed by atoms with Crippen molar-refractivity contribution in [2.45, 2.75) is 32.2 Å². The van der Waals surface area contributed by atoms with E-state index < -0.39 is 5.97 Å². The molecule has 0 aliphatic carbocycles. The van der Waals surface area contributed by atoms with Crippen LogP contribution < -0.4 is 0 Å². The number of carbonyl (C=O) groups excluding carboxylic acids is 2. The Balaban J connectivity index is 1.71. The lowest BCUT2D eigenvalue weighted by Gasteiger charge is -2.22. The first-order valence-electron chi connectivity index (χ1n) is 7.62. The van der Waals surface area contributed by atoms with E-state index in [1.54, 1.807) is 30.9 Å². The highest BCUT2D eigenvalue weighted by Crippen LogP contribution is 2.34. The summed E-state index contributed by atoms with van der Waals surface area (Å²) in [6.45, 7) is 2.80. The Morgan fingerprint density at radius 1 is 1.52 bits per heavy atom. The molecule has 1 atom stereocenters. The highest BCUT2D eigenvalue weighted by atomic mass is 32.1. The van der Waals surface area contributed by atoms with Crippen LogP contribution in [0.2, 0.25) is 0 Å². The Kier molecular flexibility index (Phi) is 4.76. The third-order valence-corrected chi connectivity index (χ3v) is 4.75. The molecule has 2 aromatic heterocycles. The minimum absolute atomic E-state index is 0.0532. The van der Waals surface area contributed by atoms with E-state index in [-0.39, 0.29) is 11.9 Å². The summed E-state index contributed by atoms with van der Waals surface area (Å²) in [5.74, 6) is -0.356. The summed E-state index contributed by atoms with van der Waals surface area (Å²) in [5.41, 5.74) is 1.19. The molecular formula is C16H18N2O4S. The van der Waals surface area contributed by atoms with Crippen molar-refractivity contribution in [2.75, 3.05) is 13.2 Å². The number of hydrogen-bond donors (Lipinski definition) is 0. The zero-order valence-corrected chi connectivity index (χ0v) is 13.7. The van der Waals surface area contributed by atoms with Crippen LogP contribution in [0.1, 0.15) is 46.9 Å². The third-order valence-electron chi connectivity index (χ3n) is 3.80. The van der Waals surface area contributed by atoms with E-state index in [1.807, 2.05) is 4.90 Å². The Morgan fingerprint density at radius 3 is 3.13 bits per heavy atom. The van der Waals surface area contributed by atoms with Crippen LogP contribution >= 0.6 is 11.3 Å². The average Bonchev–Trinajstić information content (AvgIpc) is 3.28. The van der Waals surface area contributed by atoms with Gasteiger partial charge in [0, 0.05) is 11.9 Å². The molecule has 3 heterocycles. The standard InChI is InChI=1S/C16H18N2O4S/c1-2-22-16(20)12-10-23-15(17-12)13-4-3-6-18(13)14(19)8-11-5-7-21-9-11/h5,7,9-10,13H,2-4,6,8H2,1H3. The molecule has 0 N–H and O–H groups in total. The van der Waals surface area contributed by atoms with Gasteiger partial charge in [-0.3, -0.25) is 4.79 Å². The monoisotopic (exact) mass is 334 g/mol. The van der Waals surface area contributed by atoms with Crippen LogP contribution in [0.4, 0.5) is 0 Å². The van der Waals surface area contributed by atoms with Crippen LogP contribution in [-0.2, 0) is 16.0 Å². The number of likely N-dealkylation sites (tertiary alicyclic amines) is 1. The summed E-state index contributed by atoms with van der Waals surface area (Å²) in [6.07, 6.45) is 5.29. The fraction of sp³-hybridized carbons (Fsp3) is 0.438. The molecule has 0 bridgehead atoms. The molecule has 3 rings (SSSR count). The second kappa shape index (κ2) is 6.95. The van der Waals surface area contributed by atoms with E-state index in [4.69, 9.17) is 9.15 Å². The van der Waals surface area contributed by atoms with Gasteiger partial charge in [0.2, 0.25) is 5.91 Å². The molecule has 0 radical (unpaired) electrons. The molecule has 1 aliphatic heterocycles. The Bertz CT molecular complexity index is 680. The highest BCUT2D eigenvalue weighted by molar-refractivity contribution is 7.09. The molecule has 0 spiro atoms. The topological polar surface area (TPSA) is 72.6 Å². The van der Waals surface area contributed by atoms with Gasteiger partial charge >= 0.3 is 5.97 Å². The number of furan rings is 1. The van der Waals surface area contributed by atoms with Crippen LogP contribution in [0.15, 0.2) is 28.4 Å². The number of amides is 1. The molecule has 0 saturated carbocycles. The maximum atomic E-state index is 12.5. The smallest absolute Gasteiger partial charge is 0.357 e. The van der Waals surface area contributed by atoms with Crippen LogP contribution in [0.25, 0.3) is 0 Å². The van der Waals surface area contributed by atoms with Crippen LogP contribution in [0.3, 0.4) is 0 Å². The minimum Gasteiger partial charge on any atom is -0.472 e. The first kappa shape index (κ1) is 15.7. The van der Waals surface area contributed by atoms with Gasteiger partial charge < -0.3 is 14.1 Å². The first-order valence-corrected chi connectivity index (χ1v) is 8.50. The van der Waals surface area contributed by atoms with E-state index in [0.29, 0.717) is 18.7 Å². The number of thiazole rings is 1. The van der Waals surface area contributed by atoms with Crippen LogP contribution in [0, 0.1) is 0 Å². The van der Waals surface area contributed by atoms with Gasteiger partial charge in [-0.2, -0.15) is 0 Å². The molecule has 6 nitrogen and oxygen atoms in total. The number of rotatable bonds is 5. The fourth-order valence-corrected chi connectivity index (χ4v) is 3.67. The van der Waals surface area contributed by atoms with Gasteiger partial charge in [-0.25, -0.2) is 9.78 Å². The normalized spacial score (nSPS) is 17.4. The zero-order valence-electron chi connectivity index (χ0n) is 12.9. The summed E-state index contributed by atoms with van der Waals surface area (Å²) in [4.78, 5) is 30.5. The van der Waals surface area contributed by atoms with Crippen molar-refractivity contribution in [3.05, 3.63) is 40.2 Å². The predicted molar refractivity (Wildman–Crippen MR) is 84.2 cm³/mol. The summed E-state index contributed by atoms with van der Waals surface area (Å²) in [7, 11) is 0. The van der Waals surface area contributed by atoms with Crippen molar-refractivity contribution >= 4 is 23.2 Å². The Morgan fingerprint density at radius 2 is 2.39 bits per heavy atom. The van der Waals surface area contributed by atoms with E-state index in [9.17, 15) is 9.59 Å². The molecule has 1 amide bonds. The Hall–Kier alpha value is -2.15. The average molecular weight is 334 g/mol. The third kappa shape index (κ3) is 3.44. The molecule has 122 valence electrons. The maximum absolute atomic E-state index is 12.5. The first-order chi connectivity index (χ1) is 11.2. The van der Waals surface area contributed by atoms with Crippen molar-refractivity contribution in [3.8, 4) is 0 Å². The molecule has 1 unspecified atom stereocenters. The SMILES string of the molecule is CCOC(=O)c1csc(C2CCCN2C(=O)Cc2ccoc2)n1. The quantitative estimate of drug-likeness (QED) is 0.786. The van der Waals surface area contributed by atoms with Gasteiger partial charge in [0.15, 0.2) is 5.69 Å². The van der Waals surface area contributed by atoms with E-state index in [0.717, 1.165) is 30.0 Å². The largest absolute Gasteiger partial charge is 0.472 e. The van der Waals surface area contributed by atoms with Crippen molar-refractivity contribution in [1.29, 1.82) is 0 Å². The lowest BCUT2D eigenvalue weighted by Crippen LogP contribution is -2.31. The molecule has 0 aromatic carbocycles. The number of aromatic nitrogens is 1. The van der Waals surface area contributed by atoms with Gasteiger partial charge in [-0.05, 0) is 31.4 Å². The summed E-state index contributed by atoms with van der Waals surface area (Å²) >= 11 is 1.41. The minimum atomic E-state index is -0.413. The molecule has 1 saturated heterocycles. The number of carbonyl (C=O) groups is 2. The lowest BCUT2D eigenvalue weighted by molar-refractivity contribution is -0.131. The summed E-state index contributed by atoms with van der Waals surface area (Å²) < 4.78 is 9.97. The number of nitrogens with zero attached hydrogens (tertiary/aromatic N) is 2. The summed E-state index contributed by atoms with van der Waals surface area (Å²) in [5, 5.41) is 2.50. The van der Waals surface area contributed by atoms with Gasteiger partial charge in [-0.1, -0.05) is 0 Å². The number of esters is 1. The fourth-order valence-electron chi connectivity index (χ4n) is 2.73. The number of ether oxygens (including phenoxy) is 1.